The van der Waals surface area contributed by atoms with Crippen molar-refractivity contribution < 1.29 is 0 Å². The molecule has 3 heteroatoms. The maximum absolute atomic E-state index is 5.79. The molecule has 0 saturated heterocycles. The van der Waals surface area contributed by atoms with E-state index in [1.54, 1.807) is 0 Å². The van der Waals surface area contributed by atoms with E-state index in [2.05, 4.69) is 29.4 Å². The second kappa shape index (κ2) is 4.07. The van der Waals surface area contributed by atoms with Crippen LogP contribution in [0.2, 0.25) is 22.3 Å². The summed E-state index contributed by atoms with van der Waals surface area (Å²) in [6, 6.07) is 8.11. The molecule has 0 radical (unpaired) electrons. The maximum atomic E-state index is 5.79. The summed E-state index contributed by atoms with van der Waals surface area (Å²) >= 11 is 4.29. The Hall–Kier alpha value is 0.403. The third-order valence-corrected chi connectivity index (χ3v) is 7.95. The normalized spacial score (nSPS) is 11.7. The van der Waals surface area contributed by atoms with Crippen LogP contribution < -0.4 is 0 Å². The minimum absolute atomic E-state index is 0.820. The summed E-state index contributed by atoms with van der Waals surface area (Å²) in [4.78, 5) is 1.35. The fourth-order valence-corrected chi connectivity index (χ4v) is 7.27. The second-order valence-electron chi connectivity index (χ2n) is 3.67. The van der Waals surface area contributed by atoms with Crippen LogP contribution in [0.3, 0.4) is 0 Å². The van der Waals surface area contributed by atoms with Gasteiger partial charge in [-0.05, 0) is 0 Å². The zero-order chi connectivity index (χ0) is 9.19. The van der Waals surface area contributed by atoms with Gasteiger partial charge in [-0.1, -0.05) is 0 Å². The summed E-state index contributed by atoms with van der Waals surface area (Å²) in [6.45, 7) is 0. The molecule has 1 rings (SSSR count). The molecule has 0 nitrogen and oxygen atoms in total. The molecule has 0 heterocycles. The molecule has 0 unspecified atom stereocenters. The Bertz CT molecular complexity index is 250. The Morgan fingerprint density at radius 3 is 2.00 bits per heavy atom. The van der Waals surface area contributed by atoms with Gasteiger partial charge in [0.1, 0.15) is 0 Å². The van der Waals surface area contributed by atoms with Gasteiger partial charge in [-0.15, -0.1) is 0 Å². The van der Waals surface area contributed by atoms with Gasteiger partial charge in [-0.2, -0.15) is 0 Å². The topological polar surface area (TPSA) is 0 Å². The summed E-state index contributed by atoms with van der Waals surface area (Å²) < 4.78 is 0. The van der Waals surface area contributed by atoms with Gasteiger partial charge < -0.3 is 0 Å². The van der Waals surface area contributed by atoms with Crippen molar-refractivity contribution in [1.82, 2.24) is 0 Å². The Morgan fingerprint density at radius 2 is 1.58 bits per heavy atom. The first-order chi connectivity index (χ1) is 5.47. The summed E-state index contributed by atoms with van der Waals surface area (Å²) in [5.74, 6) is 7.16. The Labute approximate surface area is 85.1 Å². The second-order valence-corrected chi connectivity index (χ2v) is 21.3. The van der Waals surface area contributed by atoms with Gasteiger partial charge in [-0.25, -0.2) is 0 Å². The minimum atomic E-state index is -1.50. The molecule has 1 aromatic rings. The van der Waals surface area contributed by atoms with Crippen LogP contribution in [0.1, 0.15) is 0 Å². The molecule has 0 N–H and O–H groups in total. The fraction of sp³-hybridized carbons (Fsp3) is 0.333. The van der Waals surface area contributed by atoms with Gasteiger partial charge in [0.2, 0.25) is 0 Å². The van der Waals surface area contributed by atoms with Crippen LogP contribution in [0.4, 0.5) is 0 Å². The molecule has 0 fully saturated rings. The van der Waals surface area contributed by atoms with Crippen molar-refractivity contribution in [2.24, 2.45) is 0 Å². The van der Waals surface area contributed by atoms with Crippen molar-refractivity contribution in [2.45, 2.75) is 22.2 Å². The molecule has 0 aliphatic carbocycles. The Morgan fingerprint density at radius 1 is 1.08 bits per heavy atom. The molecular weight excluding hydrogens is 248 g/mol. The van der Waals surface area contributed by atoms with Gasteiger partial charge in [-0.3, -0.25) is 0 Å². The quantitative estimate of drug-likeness (QED) is 0.716. The van der Waals surface area contributed by atoms with E-state index in [-0.39, 0.29) is 0 Å². The summed E-state index contributed by atoms with van der Waals surface area (Å²) in [5, 5.41) is 0.820. The third-order valence-electron chi connectivity index (χ3n) is 1.24. The predicted molar refractivity (Wildman–Crippen MR) is 60.7 cm³/mol. The van der Waals surface area contributed by atoms with Crippen molar-refractivity contribution in [3.05, 3.63) is 29.3 Å². The monoisotopic (exact) mass is 262 g/mol. The molecule has 12 heavy (non-hydrogen) atoms. The standard InChI is InChI=1S/C9H13ClGeS/c1-11(2,3)12-9-6-4-8(10)5-7-9/h4-7H,1-3H3. The van der Waals surface area contributed by atoms with Crippen molar-refractivity contribution in [2.75, 3.05) is 0 Å². The Kier molecular flexibility index (Phi) is 3.56. The number of hydrogen-bond acceptors (Lipinski definition) is 1. The van der Waals surface area contributed by atoms with E-state index in [0.717, 1.165) is 5.02 Å². The van der Waals surface area contributed by atoms with E-state index in [1.165, 1.54) is 4.90 Å². The van der Waals surface area contributed by atoms with E-state index in [1.807, 2.05) is 22.2 Å². The van der Waals surface area contributed by atoms with Crippen LogP contribution in [-0.2, 0) is 0 Å². The van der Waals surface area contributed by atoms with E-state index < -0.39 is 12.1 Å². The third kappa shape index (κ3) is 3.88. The molecule has 0 aliphatic heterocycles. The van der Waals surface area contributed by atoms with Gasteiger partial charge in [0.25, 0.3) is 0 Å². The van der Waals surface area contributed by atoms with Crippen LogP contribution in [-0.4, -0.2) is 12.1 Å². The number of benzene rings is 1. The first-order valence-electron chi connectivity index (χ1n) is 3.92. The van der Waals surface area contributed by atoms with Gasteiger partial charge >= 0.3 is 85.3 Å². The SMILES string of the molecule is [CH3][Ge]([CH3])([CH3])[S]c1ccc(Cl)cc1. The average molecular weight is 261 g/mol. The molecule has 0 spiro atoms. The average Bonchev–Trinajstić information content (AvgIpc) is 1.91. The van der Waals surface area contributed by atoms with E-state index in [9.17, 15) is 0 Å². The van der Waals surface area contributed by atoms with Crippen molar-refractivity contribution >= 4 is 33.8 Å². The van der Waals surface area contributed by atoms with E-state index >= 15 is 0 Å². The van der Waals surface area contributed by atoms with E-state index in [0.29, 0.717) is 0 Å². The number of rotatable bonds is 2. The fourth-order valence-electron chi connectivity index (χ4n) is 0.856. The van der Waals surface area contributed by atoms with Gasteiger partial charge in [0.15, 0.2) is 0 Å². The van der Waals surface area contributed by atoms with Crippen LogP contribution in [0.5, 0.6) is 0 Å². The van der Waals surface area contributed by atoms with E-state index in [4.69, 9.17) is 11.6 Å². The van der Waals surface area contributed by atoms with Crippen LogP contribution in [0.15, 0.2) is 29.2 Å². The number of hydrogen-bond donors (Lipinski definition) is 0. The molecule has 0 aliphatic rings. The predicted octanol–water partition coefficient (Wildman–Crippen LogP) is 4.27. The molecule has 0 saturated carbocycles. The zero-order valence-electron chi connectivity index (χ0n) is 7.60. The first-order valence-corrected chi connectivity index (χ1v) is 14.0. The van der Waals surface area contributed by atoms with Crippen molar-refractivity contribution in [1.29, 1.82) is 0 Å². The first kappa shape index (κ1) is 10.5. The van der Waals surface area contributed by atoms with Crippen LogP contribution in [0, 0.1) is 0 Å². The summed E-state index contributed by atoms with van der Waals surface area (Å²) in [5.41, 5.74) is 0. The Balaban J connectivity index is 2.71. The molecule has 0 amide bonds. The summed E-state index contributed by atoms with van der Waals surface area (Å²) in [6.07, 6.45) is 0. The molecule has 1 aromatic carbocycles. The molecule has 66 valence electrons. The molecule has 0 aromatic heterocycles. The van der Waals surface area contributed by atoms with Crippen molar-refractivity contribution in [3.8, 4) is 0 Å². The van der Waals surface area contributed by atoms with Gasteiger partial charge in [0.05, 0.1) is 0 Å². The van der Waals surface area contributed by atoms with Crippen LogP contribution in [0.25, 0.3) is 0 Å². The molecular formula is C9H13ClGeS. The number of halogens is 1. The zero-order valence-corrected chi connectivity index (χ0v) is 11.3. The molecule has 0 atom stereocenters. The molecule has 0 bridgehead atoms. The van der Waals surface area contributed by atoms with Crippen molar-refractivity contribution in [3.63, 3.8) is 0 Å². The summed E-state index contributed by atoms with van der Waals surface area (Å²) in [7, 11) is 2.04. The van der Waals surface area contributed by atoms with Gasteiger partial charge in [0, 0.05) is 0 Å². The van der Waals surface area contributed by atoms with Crippen LogP contribution >= 0.6 is 21.7 Å².